The van der Waals surface area contributed by atoms with Gasteiger partial charge >= 0.3 is 0 Å². The first-order valence-electron chi connectivity index (χ1n) is 7.50. The molecule has 0 radical (unpaired) electrons. The molecule has 6 nitrogen and oxygen atoms in total. The molecule has 132 valence electrons. The maximum atomic E-state index is 13.0. The van der Waals surface area contributed by atoms with Gasteiger partial charge in [0.1, 0.15) is 12.4 Å². The van der Waals surface area contributed by atoms with E-state index in [1.54, 1.807) is 18.2 Å². The topological polar surface area (TPSA) is 67.9 Å². The van der Waals surface area contributed by atoms with Crippen LogP contribution in [-0.2, 0) is 9.59 Å². The van der Waals surface area contributed by atoms with Gasteiger partial charge in [-0.3, -0.25) is 9.59 Å². The minimum Gasteiger partial charge on any atom is -0.493 e. The van der Waals surface area contributed by atoms with Gasteiger partial charge in [-0.1, -0.05) is 0 Å². The quantitative estimate of drug-likeness (QED) is 0.873. The number of ether oxygens (including phenoxy) is 2. The molecule has 0 spiro atoms. The Morgan fingerprint density at radius 3 is 2.24 bits per heavy atom. The molecule has 2 rings (SSSR count). The Labute approximate surface area is 145 Å². The summed E-state index contributed by atoms with van der Waals surface area (Å²) < 4.78 is 23.4. The van der Waals surface area contributed by atoms with E-state index in [-0.39, 0.29) is 12.5 Å². The van der Waals surface area contributed by atoms with E-state index in [0.29, 0.717) is 22.9 Å². The van der Waals surface area contributed by atoms with Crippen LogP contribution in [0, 0.1) is 5.82 Å². The zero-order valence-electron chi connectivity index (χ0n) is 14.2. The minimum absolute atomic E-state index is 0.199. The molecule has 7 heteroatoms. The number of rotatable bonds is 6. The second kappa shape index (κ2) is 8.14. The zero-order chi connectivity index (χ0) is 18.4. The Morgan fingerprint density at radius 1 is 1.04 bits per heavy atom. The molecule has 0 heterocycles. The summed E-state index contributed by atoms with van der Waals surface area (Å²) >= 11 is 0. The monoisotopic (exact) mass is 346 g/mol. The van der Waals surface area contributed by atoms with E-state index < -0.39 is 11.7 Å². The molecule has 0 bridgehead atoms. The van der Waals surface area contributed by atoms with Gasteiger partial charge in [-0.15, -0.1) is 0 Å². The lowest BCUT2D eigenvalue weighted by Gasteiger charge is -2.20. The molecule has 0 aromatic heterocycles. The SMILES string of the molecule is COc1ccc(NC(=O)CN(C(C)=O)c2ccc(F)cc2)cc1OC. The first kappa shape index (κ1) is 18.3. The molecule has 0 unspecified atom stereocenters. The molecule has 0 aliphatic heterocycles. The highest BCUT2D eigenvalue weighted by Gasteiger charge is 2.16. The Balaban J connectivity index is 2.11. The molecule has 2 aromatic rings. The van der Waals surface area contributed by atoms with Gasteiger partial charge in [-0.2, -0.15) is 0 Å². The molecule has 0 atom stereocenters. The first-order valence-corrected chi connectivity index (χ1v) is 7.50. The molecule has 0 saturated heterocycles. The van der Waals surface area contributed by atoms with Crippen LogP contribution in [0.25, 0.3) is 0 Å². The van der Waals surface area contributed by atoms with Crippen LogP contribution in [0.4, 0.5) is 15.8 Å². The van der Waals surface area contributed by atoms with Crippen molar-refractivity contribution in [2.24, 2.45) is 0 Å². The average molecular weight is 346 g/mol. The number of anilines is 2. The van der Waals surface area contributed by atoms with Crippen LogP contribution in [0.1, 0.15) is 6.92 Å². The summed E-state index contributed by atoms with van der Waals surface area (Å²) in [6.45, 7) is 1.14. The smallest absolute Gasteiger partial charge is 0.244 e. The Hall–Kier alpha value is -3.09. The second-order valence-corrected chi connectivity index (χ2v) is 5.20. The first-order chi connectivity index (χ1) is 11.9. The number of amides is 2. The van der Waals surface area contributed by atoms with Crippen molar-refractivity contribution in [3.63, 3.8) is 0 Å². The minimum atomic E-state index is -0.415. The van der Waals surface area contributed by atoms with Crippen LogP contribution in [0.5, 0.6) is 11.5 Å². The largest absolute Gasteiger partial charge is 0.493 e. The third-order valence-corrected chi connectivity index (χ3v) is 3.49. The number of carbonyl (C=O) groups is 2. The number of methoxy groups -OCH3 is 2. The summed E-state index contributed by atoms with van der Waals surface area (Å²) in [5.41, 5.74) is 0.946. The van der Waals surface area contributed by atoms with Crippen LogP contribution in [0.3, 0.4) is 0 Å². The van der Waals surface area contributed by atoms with Gasteiger partial charge in [-0.05, 0) is 36.4 Å². The molecular formula is C18H19FN2O4. The van der Waals surface area contributed by atoms with Crippen LogP contribution < -0.4 is 19.7 Å². The van der Waals surface area contributed by atoms with E-state index >= 15 is 0 Å². The summed E-state index contributed by atoms with van der Waals surface area (Å²) in [7, 11) is 3.01. The average Bonchev–Trinajstić information content (AvgIpc) is 2.60. The van der Waals surface area contributed by atoms with Crippen molar-refractivity contribution >= 4 is 23.2 Å². The number of nitrogens with one attached hydrogen (secondary N) is 1. The van der Waals surface area contributed by atoms with Gasteiger partial charge in [0.05, 0.1) is 14.2 Å². The summed E-state index contributed by atoms with van der Waals surface area (Å²) in [4.78, 5) is 25.3. The number of benzene rings is 2. The molecule has 0 aliphatic rings. The van der Waals surface area contributed by atoms with Crippen LogP contribution in [0.15, 0.2) is 42.5 Å². The fourth-order valence-electron chi connectivity index (χ4n) is 2.26. The lowest BCUT2D eigenvalue weighted by atomic mass is 10.2. The highest BCUT2D eigenvalue weighted by Crippen LogP contribution is 2.29. The Morgan fingerprint density at radius 2 is 1.68 bits per heavy atom. The van der Waals surface area contributed by atoms with Gasteiger partial charge in [0.25, 0.3) is 0 Å². The van der Waals surface area contributed by atoms with Crippen molar-refractivity contribution in [1.82, 2.24) is 0 Å². The predicted octanol–water partition coefficient (Wildman–Crippen LogP) is 2.83. The third-order valence-electron chi connectivity index (χ3n) is 3.49. The fraction of sp³-hybridized carbons (Fsp3) is 0.222. The molecule has 2 aromatic carbocycles. The van der Waals surface area contributed by atoms with E-state index in [9.17, 15) is 14.0 Å². The molecule has 0 aliphatic carbocycles. The second-order valence-electron chi connectivity index (χ2n) is 5.20. The van der Waals surface area contributed by atoms with Crippen molar-refractivity contribution < 1.29 is 23.5 Å². The molecule has 1 N–H and O–H groups in total. The van der Waals surface area contributed by atoms with Crippen LogP contribution in [0.2, 0.25) is 0 Å². The lowest BCUT2D eigenvalue weighted by molar-refractivity contribution is -0.120. The predicted molar refractivity (Wildman–Crippen MR) is 92.6 cm³/mol. The highest BCUT2D eigenvalue weighted by molar-refractivity contribution is 6.01. The van der Waals surface area contributed by atoms with Crippen molar-refractivity contribution in [2.75, 3.05) is 31.0 Å². The Kier molecular flexibility index (Phi) is 5.94. The standard InChI is InChI=1S/C18H19FN2O4/c1-12(22)21(15-7-4-13(19)5-8-15)11-18(23)20-14-6-9-16(24-2)17(10-14)25-3/h4-10H,11H2,1-3H3,(H,20,23). The van der Waals surface area contributed by atoms with E-state index in [1.165, 1.54) is 50.3 Å². The number of hydrogen-bond donors (Lipinski definition) is 1. The number of nitrogens with zero attached hydrogens (tertiary/aromatic N) is 1. The number of carbonyl (C=O) groups excluding carboxylic acids is 2. The normalized spacial score (nSPS) is 10.1. The molecule has 0 saturated carbocycles. The summed E-state index contributed by atoms with van der Waals surface area (Å²) in [5, 5.41) is 2.69. The van der Waals surface area contributed by atoms with Crippen molar-refractivity contribution in [1.29, 1.82) is 0 Å². The van der Waals surface area contributed by atoms with E-state index in [4.69, 9.17) is 9.47 Å². The number of hydrogen-bond acceptors (Lipinski definition) is 4. The summed E-state index contributed by atoms with van der Waals surface area (Å²) in [5.74, 6) is -0.123. The van der Waals surface area contributed by atoms with Gasteiger partial charge in [-0.25, -0.2) is 4.39 Å². The summed E-state index contributed by atoms with van der Waals surface area (Å²) in [6, 6.07) is 10.3. The van der Waals surface area contributed by atoms with Crippen molar-refractivity contribution in [3.8, 4) is 11.5 Å². The van der Waals surface area contributed by atoms with Crippen LogP contribution in [-0.4, -0.2) is 32.6 Å². The fourth-order valence-corrected chi connectivity index (χ4v) is 2.26. The highest BCUT2D eigenvalue weighted by atomic mass is 19.1. The molecule has 0 fully saturated rings. The molecule has 2 amide bonds. The van der Waals surface area contributed by atoms with Gasteiger partial charge in [0.2, 0.25) is 11.8 Å². The van der Waals surface area contributed by atoms with Gasteiger partial charge < -0.3 is 19.7 Å². The van der Waals surface area contributed by atoms with E-state index in [2.05, 4.69) is 5.32 Å². The van der Waals surface area contributed by atoms with Crippen LogP contribution >= 0.6 is 0 Å². The third kappa shape index (κ3) is 4.69. The van der Waals surface area contributed by atoms with Gasteiger partial charge in [0.15, 0.2) is 11.5 Å². The molecule has 25 heavy (non-hydrogen) atoms. The maximum absolute atomic E-state index is 13.0. The zero-order valence-corrected chi connectivity index (χ0v) is 14.2. The molecular weight excluding hydrogens is 327 g/mol. The Bertz CT molecular complexity index is 762. The van der Waals surface area contributed by atoms with E-state index in [1.807, 2.05) is 0 Å². The lowest BCUT2D eigenvalue weighted by Crippen LogP contribution is -2.36. The number of halogens is 1. The van der Waals surface area contributed by atoms with Gasteiger partial charge in [0, 0.05) is 24.4 Å². The van der Waals surface area contributed by atoms with E-state index in [0.717, 1.165) is 0 Å². The summed E-state index contributed by atoms with van der Waals surface area (Å²) in [6.07, 6.45) is 0. The van der Waals surface area contributed by atoms with Crippen molar-refractivity contribution in [2.45, 2.75) is 6.92 Å². The maximum Gasteiger partial charge on any atom is 0.244 e. The van der Waals surface area contributed by atoms with Crippen molar-refractivity contribution in [3.05, 3.63) is 48.3 Å².